The number of benzene rings is 2. The number of hydrogen-bond acceptors (Lipinski definition) is 3. The van der Waals surface area contributed by atoms with Crippen LogP contribution in [0.5, 0.6) is 5.75 Å². The second kappa shape index (κ2) is 4.18. The first-order valence-electron chi connectivity index (χ1n) is 5.88. The SMILES string of the molecule is CCOc1cccc2oc3ccccc3c(=O)c12. The fourth-order valence-electron chi connectivity index (χ4n) is 2.09. The molecule has 3 heteroatoms. The predicted molar refractivity (Wildman–Crippen MR) is 71.2 cm³/mol. The normalized spacial score (nSPS) is 10.9. The van der Waals surface area contributed by atoms with Crippen LogP contribution < -0.4 is 10.2 Å². The van der Waals surface area contributed by atoms with Gasteiger partial charge in [-0.15, -0.1) is 0 Å². The van der Waals surface area contributed by atoms with Crippen LogP contribution in [0, 0.1) is 0 Å². The predicted octanol–water partition coefficient (Wildman–Crippen LogP) is 3.34. The lowest BCUT2D eigenvalue weighted by Gasteiger charge is -2.07. The first-order valence-corrected chi connectivity index (χ1v) is 5.88. The zero-order valence-corrected chi connectivity index (χ0v) is 9.97. The van der Waals surface area contributed by atoms with E-state index in [9.17, 15) is 4.79 Å². The Kier molecular flexibility index (Phi) is 2.52. The summed E-state index contributed by atoms with van der Waals surface area (Å²) in [4.78, 5) is 12.4. The van der Waals surface area contributed by atoms with Crippen LogP contribution in [0.2, 0.25) is 0 Å². The van der Waals surface area contributed by atoms with E-state index in [1.807, 2.05) is 25.1 Å². The van der Waals surface area contributed by atoms with Gasteiger partial charge in [0.2, 0.25) is 5.43 Å². The number of para-hydroxylation sites is 1. The Hall–Kier alpha value is -2.29. The van der Waals surface area contributed by atoms with Gasteiger partial charge in [0.25, 0.3) is 0 Å². The summed E-state index contributed by atoms with van der Waals surface area (Å²) in [6.45, 7) is 2.41. The Morgan fingerprint density at radius 1 is 1.06 bits per heavy atom. The molecule has 0 amide bonds. The van der Waals surface area contributed by atoms with E-state index in [1.165, 1.54) is 0 Å². The average Bonchev–Trinajstić information content (AvgIpc) is 2.39. The molecule has 0 atom stereocenters. The van der Waals surface area contributed by atoms with Gasteiger partial charge in [0.05, 0.1) is 12.0 Å². The zero-order valence-electron chi connectivity index (χ0n) is 9.97. The van der Waals surface area contributed by atoms with Gasteiger partial charge in [0, 0.05) is 0 Å². The molecule has 0 aliphatic carbocycles. The molecular formula is C15H12O3. The van der Waals surface area contributed by atoms with Crippen molar-refractivity contribution in [2.24, 2.45) is 0 Å². The molecule has 0 aliphatic rings. The Labute approximate surface area is 104 Å². The van der Waals surface area contributed by atoms with E-state index in [0.29, 0.717) is 34.3 Å². The maximum absolute atomic E-state index is 12.4. The largest absolute Gasteiger partial charge is 0.493 e. The van der Waals surface area contributed by atoms with Gasteiger partial charge in [-0.1, -0.05) is 18.2 Å². The summed E-state index contributed by atoms with van der Waals surface area (Å²) in [6.07, 6.45) is 0. The van der Waals surface area contributed by atoms with Gasteiger partial charge in [0.1, 0.15) is 22.3 Å². The van der Waals surface area contributed by atoms with E-state index < -0.39 is 0 Å². The third kappa shape index (κ3) is 1.56. The molecule has 0 saturated heterocycles. The van der Waals surface area contributed by atoms with E-state index in [-0.39, 0.29) is 5.43 Å². The van der Waals surface area contributed by atoms with Crippen molar-refractivity contribution in [1.82, 2.24) is 0 Å². The second-order valence-electron chi connectivity index (χ2n) is 3.99. The molecule has 0 spiro atoms. The molecule has 3 nitrogen and oxygen atoms in total. The van der Waals surface area contributed by atoms with Crippen LogP contribution in [0.4, 0.5) is 0 Å². The number of rotatable bonds is 2. The summed E-state index contributed by atoms with van der Waals surface area (Å²) in [7, 11) is 0. The molecule has 0 N–H and O–H groups in total. The molecule has 0 bridgehead atoms. The molecule has 1 aromatic heterocycles. The van der Waals surface area contributed by atoms with E-state index in [1.54, 1.807) is 24.3 Å². The van der Waals surface area contributed by atoms with Crippen molar-refractivity contribution < 1.29 is 9.15 Å². The topological polar surface area (TPSA) is 39.4 Å². The second-order valence-corrected chi connectivity index (χ2v) is 3.99. The van der Waals surface area contributed by atoms with Crippen molar-refractivity contribution in [3.8, 4) is 5.75 Å². The van der Waals surface area contributed by atoms with Crippen molar-refractivity contribution in [1.29, 1.82) is 0 Å². The standard InChI is InChI=1S/C15H12O3/c1-2-17-12-8-5-9-13-14(12)15(16)10-6-3-4-7-11(10)18-13/h3-9H,2H2,1H3. The lowest BCUT2D eigenvalue weighted by Crippen LogP contribution is -2.05. The molecule has 90 valence electrons. The van der Waals surface area contributed by atoms with Crippen molar-refractivity contribution >= 4 is 21.9 Å². The third-order valence-electron chi connectivity index (χ3n) is 2.87. The summed E-state index contributed by atoms with van der Waals surface area (Å²) in [5.74, 6) is 0.578. The van der Waals surface area contributed by atoms with Crippen LogP contribution >= 0.6 is 0 Å². The van der Waals surface area contributed by atoms with E-state index >= 15 is 0 Å². The molecule has 0 fully saturated rings. The average molecular weight is 240 g/mol. The van der Waals surface area contributed by atoms with Crippen LogP contribution in [-0.4, -0.2) is 6.61 Å². The fourth-order valence-corrected chi connectivity index (χ4v) is 2.09. The highest BCUT2D eigenvalue weighted by atomic mass is 16.5. The smallest absolute Gasteiger partial charge is 0.204 e. The molecular weight excluding hydrogens is 228 g/mol. The van der Waals surface area contributed by atoms with Crippen molar-refractivity contribution in [2.45, 2.75) is 6.92 Å². The zero-order chi connectivity index (χ0) is 12.5. The highest BCUT2D eigenvalue weighted by Gasteiger charge is 2.11. The van der Waals surface area contributed by atoms with Gasteiger partial charge in [0.15, 0.2) is 0 Å². The van der Waals surface area contributed by atoms with Crippen LogP contribution in [0.25, 0.3) is 21.9 Å². The molecule has 0 aliphatic heterocycles. The molecule has 0 unspecified atom stereocenters. The first-order chi connectivity index (χ1) is 8.81. The lowest BCUT2D eigenvalue weighted by atomic mass is 10.1. The van der Waals surface area contributed by atoms with Gasteiger partial charge in [-0.2, -0.15) is 0 Å². The Morgan fingerprint density at radius 2 is 1.83 bits per heavy atom. The van der Waals surface area contributed by atoms with Crippen LogP contribution in [0.1, 0.15) is 6.92 Å². The van der Waals surface area contributed by atoms with Gasteiger partial charge in [-0.3, -0.25) is 4.79 Å². The quantitative estimate of drug-likeness (QED) is 0.645. The maximum Gasteiger partial charge on any atom is 0.204 e. The molecule has 0 saturated carbocycles. The van der Waals surface area contributed by atoms with Gasteiger partial charge < -0.3 is 9.15 Å². The van der Waals surface area contributed by atoms with Gasteiger partial charge in [-0.25, -0.2) is 0 Å². The van der Waals surface area contributed by atoms with Gasteiger partial charge >= 0.3 is 0 Å². The van der Waals surface area contributed by atoms with Crippen LogP contribution in [-0.2, 0) is 0 Å². The summed E-state index contributed by atoms with van der Waals surface area (Å²) in [5, 5.41) is 1.09. The Morgan fingerprint density at radius 3 is 2.67 bits per heavy atom. The summed E-state index contributed by atoms with van der Waals surface area (Å²) >= 11 is 0. The Balaban J connectivity index is 2.49. The minimum atomic E-state index is -0.0455. The molecule has 3 aromatic rings. The third-order valence-corrected chi connectivity index (χ3v) is 2.87. The molecule has 18 heavy (non-hydrogen) atoms. The number of hydrogen-bond donors (Lipinski definition) is 0. The lowest BCUT2D eigenvalue weighted by molar-refractivity contribution is 0.344. The number of ether oxygens (including phenoxy) is 1. The summed E-state index contributed by atoms with van der Waals surface area (Å²) < 4.78 is 11.2. The van der Waals surface area contributed by atoms with Crippen molar-refractivity contribution in [2.75, 3.05) is 6.61 Å². The molecule has 0 radical (unpaired) electrons. The first kappa shape index (κ1) is 10.8. The Bertz CT molecular complexity index is 771. The fraction of sp³-hybridized carbons (Fsp3) is 0.133. The minimum Gasteiger partial charge on any atom is -0.493 e. The molecule has 1 heterocycles. The van der Waals surface area contributed by atoms with E-state index in [4.69, 9.17) is 9.15 Å². The highest BCUT2D eigenvalue weighted by molar-refractivity contribution is 5.93. The maximum atomic E-state index is 12.4. The molecule has 2 aromatic carbocycles. The number of fused-ring (bicyclic) bond motifs is 2. The highest BCUT2D eigenvalue weighted by Crippen LogP contribution is 2.25. The molecule has 3 rings (SSSR count). The van der Waals surface area contributed by atoms with Crippen molar-refractivity contribution in [3.63, 3.8) is 0 Å². The van der Waals surface area contributed by atoms with Crippen LogP contribution in [0.3, 0.4) is 0 Å². The minimum absolute atomic E-state index is 0.0455. The van der Waals surface area contributed by atoms with E-state index in [2.05, 4.69) is 0 Å². The van der Waals surface area contributed by atoms with Gasteiger partial charge in [-0.05, 0) is 31.2 Å². The monoisotopic (exact) mass is 240 g/mol. The van der Waals surface area contributed by atoms with Crippen LogP contribution in [0.15, 0.2) is 51.7 Å². The van der Waals surface area contributed by atoms with E-state index in [0.717, 1.165) is 0 Å². The summed E-state index contributed by atoms with van der Waals surface area (Å²) in [5.41, 5.74) is 1.11. The summed E-state index contributed by atoms with van der Waals surface area (Å²) in [6, 6.07) is 12.6. The van der Waals surface area contributed by atoms with Crippen molar-refractivity contribution in [3.05, 3.63) is 52.7 Å².